The maximum absolute atomic E-state index is 13.1. The van der Waals surface area contributed by atoms with E-state index in [9.17, 15) is 4.79 Å². The summed E-state index contributed by atoms with van der Waals surface area (Å²) in [5.41, 5.74) is 3.39. The normalized spacial score (nSPS) is 19.4. The lowest BCUT2D eigenvalue weighted by Gasteiger charge is -2.32. The number of nitrogens with one attached hydrogen (secondary N) is 1. The molecule has 182 valence electrons. The van der Waals surface area contributed by atoms with E-state index in [0.29, 0.717) is 5.69 Å². The number of ether oxygens (including phenoxy) is 1. The zero-order valence-electron chi connectivity index (χ0n) is 20.0. The molecule has 0 unspecified atom stereocenters. The fraction of sp³-hybridized carbons (Fsp3) is 0.462. The van der Waals surface area contributed by atoms with Gasteiger partial charge in [-0.15, -0.1) is 11.8 Å². The number of carbonyl (C=O) groups excluding carboxylic acids is 1. The van der Waals surface area contributed by atoms with Gasteiger partial charge in [-0.05, 0) is 62.6 Å². The van der Waals surface area contributed by atoms with Gasteiger partial charge in [-0.3, -0.25) is 4.79 Å². The maximum atomic E-state index is 13.1. The predicted molar refractivity (Wildman–Crippen MR) is 136 cm³/mol. The first-order valence-corrected chi connectivity index (χ1v) is 13.2. The van der Waals surface area contributed by atoms with Crippen molar-refractivity contribution in [2.75, 3.05) is 39.6 Å². The quantitative estimate of drug-likeness (QED) is 0.560. The minimum Gasteiger partial charge on any atom is -0.496 e. The average Bonchev–Trinajstić information content (AvgIpc) is 3.26. The second-order valence-corrected chi connectivity index (χ2v) is 9.54. The number of aliphatic hydroxyl groups excluding tert-OH is 1. The van der Waals surface area contributed by atoms with Crippen LogP contribution in [0.25, 0.3) is 5.70 Å². The summed E-state index contributed by atoms with van der Waals surface area (Å²) in [6, 6.07) is 8.24. The molecule has 0 spiro atoms. The molecule has 0 saturated carbocycles. The Balaban J connectivity index is 1.52. The Morgan fingerprint density at radius 1 is 1.29 bits per heavy atom. The lowest BCUT2D eigenvalue weighted by molar-refractivity contribution is 0.0904. The van der Waals surface area contributed by atoms with Crippen LogP contribution in [0, 0.1) is 0 Å². The van der Waals surface area contributed by atoms with Crippen molar-refractivity contribution >= 4 is 23.4 Å². The number of aryl methyl sites for hydroxylation is 1. The van der Waals surface area contributed by atoms with Gasteiger partial charge >= 0.3 is 0 Å². The molecule has 0 atom stereocenters. The van der Waals surface area contributed by atoms with Crippen LogP contribution < -0.4 is 10.1 Å². The largest absolute Gasteiger partial charge is 0.496 e. The number of piperidine rings is 1. The third-order valence-corrected chi connectivity index (χ3v) is 7.21. The molecule has 1 saturated heterocycles. The van der Waals surface area contributed by atoms with E-state index in [1.807, 2.05) is 29.1 Å². The van der Waals surface area contributed by atoms with Gasteiger partial charge in [0.1, 0.15) is 5.75 Å². The second-order valence-electron chi connectivity index (χ2n) is 8.69. The minimum absolute atomic E-state index is 0.115. The van der Waals surface area contributed by atoms with Crippen LogP contribution in [0.2, 0.25) is 0 Å². The fourth-order valence-electron chi connectivity index (χ4n) is 4.54. The maximum Gasteiger partial charge on any atom is 0.272 e. The predicted octanol–water partition coefficient (Wildman–Crippen LogP) is 3.58. The van der Waals surface area contributed by atoms with Gasteiger partial charge in [-0.25, -0.2) is 4.68 Å². The number of likely N-dealkylation sites (tertiary alicyclic amines) is 1. The Kier molecular flexibility index (Phi) is 8.48. The van der Waals surface area contributed by atoms with E-state index in [0.717, 1.165) is 79.3 Å². The van der Waals surface area contributed by atoms with E-state index in [1.165, 1.54) is 0 Å². The minimum atomic E-state index is -0.115. The smallest absolute Gasteiger partial charge is 0.272 e. The number of hydrogen-bond donors (Lipinski definition) is 2. The number of fused-ring (bicyclic) bond motifs is 1. The highest BCUT2D eigenvalue weighted by Crippen LogP contribution is 2.32. The molecule has 1 aromatic heterocycles. The summed E-state index contributed by atoms with van der Waals surface area (Å²) in [5.74, 6) is 0.713. The van der Waals surface area contributed by atoms with E-state index in [2.05, 4.69) is 34.5 Å². The van der Waals surface area contributed by atoms with Crippen LogP contribution in [0.1, 0.15) is 47.4 Å². The van der Waals surface area contributed by atoms with Gasteiger partial charge in [-0.2, -0.15) is 5.10 Å². The zero-order valence-corrected chi connectivity index (χ0v) is 20.8. The van der Waals surface area contributed by atoms with E-state index < -0.39 is 0 Å². The molecule has 0 radical (unpaired) electrons. The molecule has 7 nitrogen and oxygen atoms in total. The van der Waals surface area contributed by atoms with Crippen LogP contribution in [0.15, 0.2) is 47.4 Å². The Morgan fingerprint density at radius 3 is 2.85 bits per heavy atom. The molecule has 3 heterocycles. The Bertz CT molecular complexity index is 1050. The van der Waals surface area contributed by atoms with Crippen molar-refractivity contribution in [2.45, 2.75) is 43.0 Å². The van der Waals surface area contributed by atoms with Gasteiger partial charge in [0.25, 0.3) is 5.91 Å². The SMILES string of the molecule is COc1cc(/C2=C/C=C\CCc3cc(C(=O)NC4CCN(CCCO)CC4)nn32)ccc1SC. The Hall–Kier alpha value is -2.55. The number of allylic oxidation sites excluding steroid dienone is 3. The van der Waals surface area contributed by atoms with Crippen LogP contribution in [0.4, 0.5) is 0 Å². The molecule has 34 heavy (non-hydrogen) atoms. The topological polar surface area (TPSA) is 79.6 Å². The summed E-state index contributed by atoms with van der Waals surface area (Å²) >= 11 is 1.65. The molecule has 2 aromatic rings. The van der Waals surface area contributed by atoms with Gasteiger partial charge in [0.15, 0.2) is 5.69 Å². The van der Waals surface area contributed by atoms with Gasteiger partial charge in [0, 0.05) is 48.4 Å². The number of thioether (sulfide) groups is 1. The zero-order chi connectivity index (χ0) is 23.9. The van der Waals surface area contributed by atoms with E-state index in [4.69, 9.17) is 14.9 Å². The summed E-state index contributed by atoms with van der Waals surface area (Å²) < 4.78 is 7.50. The Labute approximate surface area is 205 Å². The van der Waals surface area contributed by atoms with Crippen LogP contribution >= 0.6 is 11.8 Å². The number of aliphatic hydroxyl groups is 1. The summed E-state index contributed by atoms with van der Waals surface area (Å²) in [6.45, 7) is 3.02. The van der Waals surface area contributed by atoms with E-state index >= 15 is 0 Å². The number of aromatic nitrogens is 2. The van der Waals surface area contributed by atoms with Crippen LogP contribution in [-0.4, -0.2) is 71.3 Å². The van der Waals surface area contributed by atoms with Crippen molar-refractivity contribution in [3.8, 4) is 5.75 Å². The summed E-state index contributed by atoms with van der Waals surface area (Å²) in [5, 5.41) is 17.0. The number of amides is 1. The van der Waals surface area contributed by atoms with Gasteiger partial charge in [-0.1, -0.05) is 18.2 Å². The molecule has 0 aliphatic carbocycles. The van der Waals surface area contributed by atoms with Crippen molar-refractivity contribution < 1.29 is 14.6 Å². The van der Waals surface area contributed by atoms with Crippen LogP contribution in [-0.2, 0) is 6.42 Å². The first-order valence-electron chi connectivity index (χ1n) is 12.0. The number of methoxy groups -OCH3 is 1. The first-order chi connectivity index (χ1) is 16.6. The van der Waals surface area contributed by atoms with Gasteiger partial charge < -0.3 is 20.1 Å². The van der Waals surface area contributed by atoms with Gasteiger partial charge in [0.05, 0.1) is 12.8 Å². The summed E-state index contributed by atoms with van der Waals surface area (Å²) in [7, 11) is 1.68. The van der Waals surface area contributed by atoms with Crippen molar-refractivity contribution in [3.05, 3.63) is 59.4 Å². The van der Waals surface area contributed by atoms with Crippen molar-refractivity contribution in [1.29, 1.82) is 0 Å². The number of nitrogens with zero attached hydrogens (tertiary/aromatic N) is 3. The first kappa shape index (κ1) is 24.6. The number of rotatable bonds is 8. The van der Waals surface area contributed by atoms with Crippen LogP contribution in [0.5, 0.6) is 5.75 Å². The Morgan fingerprint density at radius 2 is 2.12 bits per heavy atom. The molecule has 2 aliphatic rings. The second kappa shape index (κ2) is 11.7. The molecule has 2 aliphatic heterocycles. The molecule has 1 fully saturated rings. The average molecular weight is 483 g/mol. The summed E-state index contributed by atoms with van der Waals surface area (Å²) in [6.07, 6.45) is 12.6. The molecular formula is C26H34N4O3S. The van der Waals surface area contributed by atoms with E-state index in [-0.39, 0.29) is 18.6 Å². The number of carbonyl (C=O) groups is 1. The monoisotopic (exact) mass is 482 g/mol. The van der Waals surface area contributed by atoms with Crippen LogP contribution in [0.3, 0.4) is 0 Å². The molecular weight excluding hydrogens is 448 g/mol. The molecule has 1 aromatic carbocycles. The van der Waals surface area contributed by atoms with Crippen molar-refractivity contribution in [1.82, 2.24) is 20.0 Å². The fourth-order valence-corrected chi connectivity index (χ4v) is 5.09. The molecule has 8 heteroatoms. The molecule has 2 N–H and O–H groups in total. The van der Waals surface area contributed by atoms with E-state index in [1.54, 1.807) is 18.9 Å². The standard InChI is InChI=1S/C26H34N4O3S/c1-33-24-17-19(9-10-25(24)34-2)23-8-5-3-4-7-21-18-22(28-30(21)23)26(32)27-20-11-14-29(15-12-20)13-6-16-31/h3,5,8-10,17-18,20,31H,4,6-7,11-16H2,1-2H3,(H,27,32)/b5-3-,23-8-. The van der Waals surface area contributed by atoms with Crippen molar-refractivity contribution in [2.24, 2.45) is 0 Å². The molecule has 0 bridgehead atoms. The van der Waals surface area contributed by atoms with Crippen molar-refractivity contribution in [3.63, 3.8) is 0 Å². The lowest BCUT2D eigenvalue weighted by Crippen LogP contribution is -2.45. The third-order valence-electron chi connectivity index (χ3n) is 6.44. The molecule has 1 amide bonds. The summed E-state index contributed by atoms with van der Waals surface area (Å²) in [4.78, 5) is 16.5. The lowest BCUT2D eigenvalue weighted by atomic mass is 10.0. The highest BCUT2D eigenvalue weighted by atomic mass is 32.2. The number of hydrogen-bond acceptors (Lipinski definition) is 6. The van der Waals surface area contributed by atoms with Gasteiger partial charge in [0.2, 0.25) is 0 Å². The highest BCUT2D eigenvalue weighted by molar-refractivity contribution is 7.98. The highest BCUT2D eigenvalue weighted by Gasteiger charge is 2.24. The third kappa shape index (κ3) is 5.74. The number of benzene rings is 1. The molecule has 4 rings (SSSR count).